The number of ether oxygens (including phenoxy) is 2. The molecule has 0 radical (unpaired) electrons. The van der Waals surface area contributed by atoms with Gasteiger partial charge in [0.15, 0.2) is 11.5 Å². The zero-order valence-corrected chi connectivity index (χ0v) is 15.3. The lowest BCUT2D eigenvalue weighted by Gasteiger charge is -2.19. The van der Waals surface area contributed by atoms with Crippen molar-refractivity contribution >= 4 is 20.0 Å². The van der Waals surface area contributed by atoms with Gasteiger partial charge in [0.25, 0.3) is 0 Å². The van der Waals surface area contributed by atoms with Crippen LogP contribution < -0.4 is 14.2 Å². The Hall–Kier alpha value is -1.36. The summed E-state index contributed by atoms with van der Waals surface area (Å²) >= 11 is 0. The number of hydrogen-bond acceptors (Lipinski definition) is 6. The van der Waals surface area contributed by atoms with Crippen molar-refractivity contribution in [2.24, 2.45) is 0 Å². The van der Waals surface area contributed by atoms with Gasteiger partial charge in [-0.05, 0) is 18.6 Å². The number of unbranched alkanes of at least 4 members (excludes halogenated alkanes) is 1. The van der Waals surface area contributed by atoms with Gasteiger partial charge >= 0.3 is 0 Å². The molecule has 0 saturated carbocycles. The van der Waals surface area contributed by atoms with Crippen LogP contribution in [0.3, 0.4) is 0 Å². The van der Waals surface area contributed by atoms with Crippen LogP contribution >= 0.6 is 0 Å². The van der Waals surface area contributed by atoms with Crippen molar-refractivity contribution in [2.45, 2.75) is 24.7 Å². The highest BCUT2D eigenvalue weighted by molar-refractivity contribution is 7.89. The van der Waals surface area contributed by atoms with E-state index in [1.807, 2.05) is 6.92 Å². The van der Waals surface area contributed by atoms with Gasteiger partial charge in [0.05, 0.1) is 11.2 Å². The quantitative estimate of drug-likeness (QED) is 0.680. The first-order valence-electron chi connectivity index (χ1n) is 7.58. The summed E-state index contributed by atoms with van der Waals surface area (Å²) in [5, 5.41) is 0. The summed E-state index contributed by atoms with van der Waals surface area (Å²) in [6.45, 7) is 2.48. The molecule has 8 nitrogen and oxygen atoms in total. The Labute approximate surface area is 142 Å². The van der Waals surface area contributed by atoms with Crippen molar-refractivity contribution in [1.29, 1.82) is 0 Å². The van der Waals surface area contributed by atoms with Crippen LogP contribution in [-0.2, 0) is 20.0 Å². The highest BCUT2D eigenvalue weighted by Gasteiger charge is 2.21. The van der Waals surface area contributed by atoms with Crippen molar-refractivity contribution in [1.82, 2.24) is 9.03 Å². The molecule has 0 aromatic heterocycles. The number of nitrogens with zero attached hydrogens (tertiary/aromatic N) is 1. The molecule has 1 aliphatic heterocycles. The fraction of sp³-hybridized carbons (Fsp3) is 0.571. The Morgan fingerprint density at radius 1 is 1.12 bits per heavy atom. The third-order valence-corrected chi connectivity index (χ3v) is 6.30. The van der Waals surface area contributed by atoms with Crippen LogP contribution in [0.2, 0.25) is 0 Å². The lowest BCUT2D eigenvalue weighted by Crippen LogP contribution is -2.38. The molecule has 1 N–H and O–H groups in total. The van der Waals surface area contributed by atoms with Gasteiger partial charge in [-0.25, -0.2) is 25.9 Å². The highest BCUT2D eigenvalue weighted by atomic mass is 32.2. The largest absolute Gasteiger partial charge is 0.454 e. The second-order valence-electron chi connectivity index (χ2n) is 5.43. The zero-order valence-electron chi connectivity index (χ0n) is 13.7. The summed E-state index contributed by atoms with van der Waals surface area (Å²) in [6.07, 6.45) is 2.70. The Bertz CT molecular complexity index is 776. The van der Waals surface area contributed by atoms with E-state index in [4.69, 9.17) is 9.47 Å². The van der Waals surface area contributed by atoms with Gasteiger partial charge in [-0.2, -0.15) is 0 Å². The fourth-order valence-electron chi connectivity index (χ4n) is 2.21. The van der Waals surface area contributed by atoms with Crippen molar-refractivity contribution in [3.8, 4) is 11.5 Å². The minimum atomic E-state index is -3.75. The van der Waals surface area contributed by atoms with E-state index in [1.165, 1.54) is 22.5 Å². The standard InChI is InChI=1S/C14H22N2O6S2/c1-3-4-8-16(23(2,17)18)9-7-15-24(19,20)12-5-6-13-14(10-12)22-11-21-13/h5-6,10,15H,3-4,7-9,11H2,1-2H3. The molecule has 1 aliphatic rings. The lowest BCUT2D eigenvalue weighted by molar-refractivity contribution is 0.174. The van der Waals surface area contributed by atoms with Gasteiger partial charge < -0.3 is 9.47 Å². The molecule has 0 fully saturated rings. The fourth-order valence-corrected chi connectivity index (χ4v) is 4.13. The summed E-state index contributed by atoms with van der Waals surface area (Å²) < 4.78 is 62.0. The predicted octanol–water partition coefficient (Wildman–Crippen LogP) is 0.755. The SMILES string of the molecule is CCCCN(CCNS(=O)(=O)c1ccc2c(c1)OCO2)S(C)(=O)=O. The molecule has 0 amide bonds. The average molecular weight is 378 g/mol. The van der Waals surface area contributed by atoms with Gasteiger partial charge in [-0.3, -0.25) is 0 Å². The van der Waals surface area contributed by atoms with E-state index in [0.717, 1.165) is 19.1 Å². The van der Waals surface area contributed by atoms with E-state index < -0.39 is 20.0 Å². The van der Waals surface area contributed by atoms with Gasteiger partial charge in [0.1, 0.15) is 0 Å². The van der Waals surface area contributed by atoms with Crippen LogP contribution in [0.15, 0.2) is 23.1 Å². The molecule has 1 aromatic rings. The number of sulfonamides is 2. The zero-order chi connectivity index (χ0) is 17.8. The smallest absolute Gasteiger partial charge is 0.240 e. The first-order chi connectivity index (χ1) is 11.2. The van der Waals surface area contributed by atoms with E-state index in [9.17, 15) is 16.8 Å². The highest BCUT2D eigenvalue weighted by Crippen LogP contribution is 2.33. The molecular formula is C14H22N2O6S2. The second kappa shape index (κ2) is 7.68. The van der Waals surface area contributed by atoms with E-state index in [2.05, 4.69) is 4.72 Å². The molecule has 0 unspecified atom stereocenters. The third-order valence-electron chi connectivity index (χ3n) is 3.54. The summed E-state index contributed by atoms with van der Waals surface area (Å²) in [7, 11) is -7.12. The maximum atomic E-state index is 12.3. The molecular weight excluding hydrogens is 356 g/mol. The maximum Gasteiger partial charge on any atom is 0.240 e. The van der Waals surface area contributed by atoms with E-state index in [0.29, 0.717) is 18.0 Å². The Morgan fingerprint density at radius 2 is 1.83 bits per heavy atom. The van der Waals surface area contributed by atoms with Crippen LogP contribution in [-0.4, -0.2) is 53.8 Å². The van der Waals surface area contributed by atoms with Gasteiger partial charge in [0.2, 0.25) is 26.8 Å². The number of fused-ring (bicyclic) bond motifs is 1. The van der Waals surface area contributed by atoms with Crippen LogP contribution in [0.25, 0.3) is 0 Å². The van der Waals surface area contributed by atoms with Gasteiger partial charge in [-0.1, -0.05) is 13.3 Å². The summed E-state index contributed by atoms with van der Waals surface area (Å²) in [5.41, 5.74) is 0. The normalized spacial score (nSPS) is 14.3. The minimum absolute atomic E-state index is 0.00639. The molecule has 1 heterocycles. The van der Waals surface area contributed by atoms with Crippen LogP contribution in [0, 0.1) is 0 Å². The van der Waals surface area contributed by atoms with E-state index in [1.54, 1.807) is 0 Å². The lowest BCUT2D eigenvalue weighted by atomic mass is 10.3. The first kappa shape index (κ1) is 19.0. The van der Waals surface area contributed by atoms with Crippen molar-refractivity contribution < 1.29 is 26.3 Å². The van der Waals surface area contributed by atoms with Crippen molar-refractivity contribution in [3.63, 3.8) is 0 Å². The van der Waals surface area contributed by atoms with Crippen molar-refractivity contribution in [3.05, 3.63) is 18.2 Å². The summed E-state index contributed by atoms with van der Waals surface area (Å²) in [4.78, 5) is 0.0474. The number of benzene rings is 1. The molecule has 136 valence electrons. The number of nitrogens with one attached hydrogen (secondary N) is 1. The molecule has 0 bridgehead atoms. The monoisotopic (exact) mass is 378 g/mol. The van der Waals surface area contributed by atoms with E-state index in [-0.39, 0.29) is 24.8 Å². The second-order valence-corrected chi connectivity index (χ2v) is 9.18. The molecule has 2 rings (SSSR count). The summed E-state index contributed by atoms with van der Waals surface area (Å²) in [5.74, 6) is 0.871. The number of rotatable bonds is 9. The van der Waals surface area contributed by atoms with Crippen molar-refractivity contribution in [2.75, 3.05) is 32.7 Å². The predicted molar refractivity (Wildman–Crippen MR) is 89.1 cm³/mol. The van der Waals surface area contributed by atoms with Gasteiger partial charge in [-0.15, -0.1) is 0 Å². The third kappa shape index (κ3) is 4.82. The molecule has 0 atom stereocenters. The van der Waals surface area contributed by atoms with Crippen LogP contribution in [0.1, 0.15) is 19.8 Å². The average Bonchev–Trinajstić information content (AvgIpc) is 2.96. The molecule has 0 spiro atoms. The molecule has 0 aliphatic carbocycles. The van der Waals surface area contributed by atoms with Crippen LogP contribution in [0.4, 0.5) is 0 Å². The van der Waals surface area contributed by atoms with Crippen LogP contribution in [0.5, 0.6) is 11.5 Å². The maximum absolute atomic E-state index is 12.3. The summed E-state index contributed by atoms with van der Waals surface area (Å²) in [6, 6.07) is 4.33. The molecule has 24 heavy (non-hydrogen) atoms. The minimum Gasteiger partial charge on any atom is -0.454 e. The Morgan fingerprint density at radius 3 is 2.50 bits per heavy atom. The van der Waals surface area contributed by atoms with E-state index >= 15 is 0 Å². The Kier molecular flexibility index (Phi) is 6.07. The first-order valence-corrected chi connectivity index (χ1v) is 10.9. The molecule has 0 saturated heterocycles. The molecule has 10 heteroatoms. The topological polar surface area (TPSA) is 102 Å². The number of hydrogen-bond donors (Lipinski definition) is 1. The van der Waals surface area contributed by atoms with Gasteiger partial charge in [0, 0.05) is 25.7 Å². The Balaban J connectivity index is 1.99. The molecule has 1 aromatic carbocycles.